The summed E-state index contributed by atoms with van der Waals surface area (Å²) in [6.07, 6.45) is -3.09. The van der Waals surface area contributed by atoms with Gasteiger partial charge in [0.2, 0.25) is 11.9 Å². The summed E-state index contributed by atoms with van der Waals surface area (Å²) in [6.45, 7) is 0. The van der Waals surface area contributed by atoms with Crippen molar-refractivity contribution in [3.8, 4) is 0 Å². The van der Waals surface area contributed by atoms with Crippen LogP contribution in [-0.4, -0.2) is 4.98 Å². The zero-order valence-electron chi connectivity index (χ0n) is 5.69. The lowest BCUT2D eigenvalue weighted by Crippen LogP contribution is -2.03. The van der Waals surface area contributed by atoms with Crippen LogP contribution in [0.3, 0.4) is 0 Å². The van der Waals surface area contributed by atoms with Crippen LogP contribution in [0.25, 0.3) is 0 Å². The van der Waals surface area contributed by atoms with Crippen LogP contribution in [0, 0.1) is 11.9 Å². The minimum absolute atomic E-state index is 0.546. The van der Waals surface area contributed by atoms with Crippen LogP contribution in [0.1, 0.15) is 12.0 Å². The Bertz CT molecular complexity index is 277. The molecule has 1 aromatic rings. The predicted molar refractivity (Wildman–Crippen MR) is 33.5 cm³/mol. The first-order valence-electron chi connectivity index (χ1n) is 2.92. The quantitative estimate of drug-likeness (QED) is 0.529. The summed E-state index contributed by atoms with van der Waals surface area (Å²) in [4.78, 5) is 2.56. The number of nitrogens with zero attached hydrogens (tertiary/aromatic N) is 1. The molecule has 12 heavy (non-hydrogen) atoms. The SMILES string of the molecule is Nc1cc(F)nc(F)c1C(F)F. The lowest BCUT2D eigenvalue weighted by atomic mass is 10.2. The molecule has 2 N–H and O–H groups in total. The molecule has 0 radical (unpaired) electrons. The highest BCUT2D eigenvalue weighted by atomic mass is 19.3. The summed E-state index contributed by atoms with van der Waals surface area (Å²) >= 11 is 0. The zero-order valence-corrected chi connectivity index (χ0v) is 5.69. The number of hydrogen-bond donors (Lipinski definition) is 1. The Morgan fingerprint density at radius 3 is 2.33 bits per heavy atom. The molecule has 6 heteroatoms. The molecule has 1 aromatic heterocycles. The first-order valence-corrected chi connectivity index (χ1v) is 2.92. The zero-order chi connectivity index (χ0) is 9.30. The summed E-state index contributed by atoms with van der Waals surface area (Å²) in [5.74, 6) is -2.78. The summed E-state index contributed by atoms with van der Waals surface area (Å²) in [6, 6.07) is 0.546. The molecule has 0 aliphatic rings. The van der Waals surface area contributed by atoms with Crippen molar-refractivity contribution in [3.63, 3.8) is 0 Å². The highest BCUT2D eigenvalue weighted by Gasteiger charge is 2.19. The summed E-state index contributed by atoms with van der Waals surface area (Å²) in [5, 5.41) is 0. The van der Waals surface area contributed by atoms with Gasteiger partial charge in [-0.15, -0.1) is 0 Å². The molecule has 0 spiro atoms. The fourth-order valence-corrected chi connectivity index (χ4v) is 0.727. The Morgan fingerprint density at radius 2 is 1.92 bits per heavy atom. The van der Waals surface area contributed by atoms with Gasteiger partial charge in [-0.05, 0) is 0 Å². The second-order valence-electron chi connectivity index (χ2n) is 2.04. The smallest absolute Gasteiger partial charge is 0.270 e. The van der Waals surface area contributed by atoms with Gasteiger partial charge in [0, 0.05) is 11.8 Å². The Balaban J connectivity index is 3.28. The van der Waals surface area contributed by atoms with Gasteiger partial charge in [0.05, 0.1) is 5.56 Å². The van der Waals surface area contributed by atoms with Crippen molar-refractivity contribution in [1.29, 1.82) is 0 Å². The van der Waals surface area contributed by atoms with E-state index in [1.54, 1.807) is 0 Å². The van der Waals surface area contributed by atoms with Gasteiger partial charge in [-0.1, -0.05) is 0 Å². The van der Waals surface area contributed by atoms with Crippen LogP contribution in [-0.2, 0) is 0 Å². The number of aromatic nitrogens is 1. The molecule has 2 nitrogen and oxygen atoms in total. The molecule has 0 bridgehead atoms. The van der Waals surface area contributed by atoms with Crippen molar-refractivity contribution in [2.75, 3.05) is 5.73 Å². The van der Waals surface area contributed by atoms with Gasteiger partial charge in [-0.2, -0.15) is 13.8 Å². The molecule has 0 atom stereocenters. The maximum absolute atomic E-state index is 12.5. The van der Waals surface area contributed by atoms with Crippen LogP contribution in [0.4, 0.5) is 23.2 Å². The molecular weight excluding hydrogens is 176 g/mol. The van der Waals surface area contributed by atoms with Crippen LogP contribution in [0.5, 0.6) is 0 Å². The fourth-order valence-electron chi connectivity index (χ4n) is 0.727. The lowest BCUT2D eigenvalue weighted by Gasteiger charge is -2.03. The van der Waals surface area contributed by atoms with E-state index in [9.17, 15) is 17.6 Å². The second kappa shape index (κ2) is 2.96. The highest BCUT2D eigenvalue weighted by molar-refractivity contribution is 5.46. The predicted octanol–water partition coefficient (Wildman–Crippen LogP) is 1.88. The van der Waals surface area contributed by atoms with Gasteiger partial charge in [0.25, 0.3) is 6.43 Å². The average molecular weight is 180 g/mol. The minimum atomic E-state index is -3.09. The Labute approximate surface area is 65.0 Å². The standard InChI is InChI=1S/C6H4F4N2/c7-3-1-2(11)4(5(8)9)6(10)12-3/h1,5H,(H2,11,12). The maximum atomic E-state index is 12.5. The van der Waals surface area contributed by atoms with Crippen molar-refractivity contribution < 1.29 is 17.6 Å². The Hall–Kier alpha value is -1.33. The van der Waals surface area contributed by atoms with Crippen LogP contribution in [0.2, 0.25) is 0 Å². The minimum Gasteiger partial charge on any atom is -0.398 e. The third-order valence-corrected chi connectivity index (χ3v) is 1.23. The van der Waals surface area contributed by atoms with E-state index in [-0.39, 0.29) is 0 Å². The molecule has 0 unspecified atom stereocenters. The number of alkyl halides is 2. The van der Waals surface area contributed by atoms with E-state index in [2.05, 4.69) is 4.98 Å². The molecule has 66 valence electrons. The third kappa shape index (κ3) is 1.46. The van der Waals surface area contributed by atoms with Gasteiger partial charge < -0.3 is 5.73 Å². The molecule has 0 aliphatic heterocycles. The largest absolute Gasteiger partial charge is 0.398 e. The average Bonchev–Trinajstić information content (AvgIpc) is 1.82. The van der Waals surface area contributed by atoms with Crippen molar-refractivity contribution in [1.82, 2.24) is 4.98 Å². The first kappa shape index (κ1) is 8.76. The molecule has 0 aromatic carbocycles. The number of hydrogen-bond acceptors (Lipinski definition) is 2. The van der Waals surface area contributed by atoms with E-state index in [1.165, 1.54) is 0 Å². The molecule has 1 heterocycles. The summed E-state index contributed by atoms with van der Waals surface area (Å²) < 4.78 is 48.5. The fraction of sp³-hybridized carbons (Fsp3) is 0.167. The summed E-state index contributed by atoms with van der Waals surface area (Å²) in [7, 11) is 0. The van der Waals surface area contributed by atoms with Crippen LogP contribution < -0.4 is 5.73 Å². The van der Waals surface area contributed by atoms with E-state index in [0.29, 0.717) is 6.07 Å². The number of nitrogen functional groups attached to an aromatic ring is 1. The molecule has 0 saturated carbocycles. The highest BCUT2D eigenvalue weighted by Crippen LogP contribution is 2.26. The van der Waals surface area contributed by atoms with E-state index in [4.69, 9.17) is 5.73 Å². The topological polar surface area (TPSA) is 38.9 Å². The molecule has 0 amide bonds. The van der Waals surface area contributed by atoms with Gasteiger partial charge in [0.15, 0.2) is 0 Å². The molecule has 0 aliphatic carbocycles. The summed E-state index contributed by atoms with van der Waals surface area (Å²) in [5.41, 5.74) is 3.23. The first-order chi connectivity index (χ1) is 5.52. The van der Waals surface area contributed by atoms with Crippen molar-refractivity contribution in [2.45, 2.75) is 6.43 Å². The normalized spacial score (nSPS) is 10.8. The number of pyridine rings is 1. The molecule has 1 rings (SSSR count). The third-order valence-electron chi connectivity index (χ3n) is 1.23. The van der Waals surface area contributed by atoms with E-state index in [0.717, 1.165) is 0 Å². The molecule has 0 fully saturated rings. The van der Waals surface area contributed by atoms with E-state index in [1.807, 2.05) is 0 Å². The van der Waals surface area contributed by atoms with E-state index < -0.39 is 29.6 Å². The lowest BCUT2D eigenvalue weighted by molar-refractivity contribution is 0.145. The van der Waals surface area contributed by atoms with Gasteiger partial charge in [0.1, 0.15) is 0 Å². The van der Waals surface area contributed by atoms with Crippen LogP contribution in [0.15, 0.2) is 6.07 Å². The van der Waals surface area contributed by atoms with Crippen molar-refractivity contribution in [3.05, 3.63) is 23.5 Å². The van der Waals surface area contributed by atoms with Gasteiger partial charge in [-0.25, -0.2) is 8.78 Å². The Kier molecular flexibility index (Phi) is 2.16. The number of nitrogens with two attached hydrogens (primary N) is 1. The monoisotopic (exact) mass is 180 g/mol. The Morgan fingerprint density at radius 1 is 1.33 bits per heavy atom. The second-order valence-corrected chi connectivity index (χ2v) is 2.04. The van der Waals surface area contributed by atoms with Gasteiger partial charge >= 0.3 is 0 Å². The van der Waals surface area contributed by atoms with Crippen molar-refractivity contribution in [2.24, 2.45) is 0 Å². The van der Waals surface area contributed by atoms with E-state index >= 15 is 0 Å². The molecular formula is C6H4F4N2. The van der Waals surface area contributed by atoms with Crippen LogP contribution >= 0.6 is 0 Å². The van der Waals surface area contributed by atoms with Gasteiger partial charge in [-0.3, -0.25) is 0 Å². The molecule has 0 saturated heterocycles. The number of halogens is 4. The van der Waals surface area contributed by atoms with Crippen molar-refractivity contribution >= 4 is 5.69 Å². The maximum Gasteiger partial charge on any atom is 0.270 e. The number of anilines is 1. The number of rotatable bonds is 1.